The number of piperazine rings is 1. The number of hydrogen-bond acceptors (Lipinski definition) is 10. The summed E-state index contributed by atoms with van der Waals surface area (Å²) in [7, 11) is 1.59. The predicted octanol–water partition coefficient (Wildman–Crippen LogP) is 4.55. The zero-order valence-corrected chi connectivity index (χ0v) is 28.3. The summed E-state index contributed by atoms with van der Waals surface area (Å²) in [5, 5.41) is 8.34. The number of ether oxygens (including phenoxy) is 1. The van der Waals surface area contributed by atoms with Gasteiger partial charge < -0.3 is 19.5 Å². The van der Waals surface area contributed by atoms with Gasteiger partial charge in [-0.15, -0.1) is 11.3 Å². The quantitative estimate of drug-likeness (QED) is 0.247. The largest absolute Gasteiger partial charge is 0.378 e. The maximum Gasteiger partial charge on any atom is 0.289 e. The van der Waals surface area contributed by atoms with Crippen LogP contribution in [0.1, 0.15) is 34.6 Å². The van der Waals surface area contributed by atoms with E-state index in [1.54, 1.807) is 25.5 Å². The maximum atomic E-state index is 15.3. The number of rotatable bonds is 7. The zero-order valence-electron chi connectivity index (χ0n) is 27.5. The van der Waals surface area contributed by atoms with Gasteiger partial charge >= 0.3 is 0 Å². The molecule has 13 heteroatoms. The molecule has 2 atom stereocenters. The van der Waals surface area contributed by atoms with E-state index in [4.69, 9.17) is 4.74 Å². The second kappa shape index (κ2) is 12.3. The number of thiophene rings is 1. The number of aryl methyl sites for hydroxylation is 1. The Morgan fingerprint density at radius 2 is 1.90 bits per heavy atom. The molecule has 2 fully saturated rings. The Kier molecular flexibility index (Phi) is 7.92. The van der Waals surface area contributed by atoms with E-state index in [-0.39, 0.29) is 28.1 Å². The van der Waals surface area contributed by atoms with E-state index in [0.717, 1.165) is 73.1 Å². The second-order valence-electron chi connectivity index (χ2n) is 13.4. The molecule has 2 aliphatic heterocycles. The average molecular weight is 682 g/mol. The van der Waals surface area contributed by atoms with Crippen LogP contribution in [0, 0.1) is 11.7 Å². The number of pyridine rings is 2. The molecular formula is C36H36FN7O4S. The van der Waals surface area contributed by atoms with Crippen LogP contribution in [0.5, 0.6) is 0 Å². The lowest BCUT2D eigenvalue weighted by molar-refractivity contribution is -0.0691. The molecule has 49 heavy (non-hydrogen) atoms. The van der Waals surface area contributed by atoms with Crippen LogP contribution in [-0.2, 0) is 24.6 Å². The molecule has 1 aromatic carbocycles. The molecule has 3 aliphatic rings. The zero-order chi connectivity index (χ0) is 34.0. The molecule has 0 bridgehead atoms. The number of fused-ring (bicyclic) bond motifs is 3. The summed E-state index contributed by atoms with van der Waals surface area (Å²) in [6.07, 6.45) is 7.37. The highest BCUT2D eigenvalue weighted by Gasteiger charge is 2.32. The lowest BCUT2D eigenvalue weighted by Crippen LogP contribution is -2.59. The number of nitrogens with zero attached hydrogens (tertiary/aromatic N) is 6. The minimum Gasteiger partial charge on any atom is -0.378 e. The molecule has 0 radical (unpaired) electrons. The number of aldehydes is 1. The third-order valence-corrected chi connectivity index (χ3v) is 11.3. The number of hydrogen-bond donors (Lipinski definition) is 1. The molecule has 1 unspecified atom stereocenters. The van der Waals surface area contributed by atoms with E-state index in [2.05, 4.69) is 39.0 Å². The predicted molar refractivity (Wildman–Crippen MR) is 188 cm³/mol. The monoisotopic (exact) mass is 681 g/mol. The number of nitrogens with one attached hydrogen (secondary N) is 1. The Labute approximate surface area is 285 Å². The van der Waals surface area contributed by atoms with Crippen LogP contribution < -0.4 is 21.3 Å². The molecule has 6 heterocycles. The van der Waals surface area contributed by atoms with Crippen LogP contribution in [-0.4, -0.2) is 75.4 Å². The van der Waals surface area contributed by atoms with Crippen molar-refractivity contribution in [3.63, 3.8) is 0 Å². The second-order valence-corrected chi connectivity index (χ2v) is 14.5. The summed E-state index contributed by atoms with van der Waals surface area (Å²) in [5.41, 5.74) is 2.38. The highest BCUT2D eigenvalue weighted by molar-refractivity contribution is 7.19. The van der Waals surface area contributed by atoms with Crippen LogP contribution in [0.25, 0.3) is 26.9 Å². The molecule has 2 saturated heterocycles. The van der Waals surface area contributed by atoms with Gasteiger partial charge in [0.05, 0.1) is 43.0 Å². The fourth-order valence-corrected chi connectivity index (χ4v) is 8.77. The molecule has 0 spiro atoms. The van der Waals surface area contributed by atoms with Gasteiger partial charge in [0.2, 0.25) is 0 Å². The van der Waals surface area contributed by atoms with Gasteiger partial charge in [0.1, 0.15) is 22.0 Å². The average Bonchev–Trinajstić information content (AvgIpc) is 3.59. The summed E-state index contributed by atoms with van der Waals surface area (Å²) in [4.78, 5) is 50.2. The van der Waals surface area contributed by atoms with E-state index in [9.17, 15) is 14.4 Å². The first-order chi connectivity index (χ1) is 23.7. The van der Waals surface area contributed by atoms with Gasteiger partial charge in [-0.3, -0.25) is 19.3 Å². The Hall–Kier alpha value is -4.72. The van der Waals surface area contributed by atoms with Gasteiger partial charge in [-0.1, -0.05) is 6.92 Å². The Bertz CT molecular complexity index is 2230. The van der Waals surface area contributed by atoms with Crippen LogP contribution in [0.3, 0.4) is 0 Å². The van der Waals surface area contributed by atoms with Crippen LogP contribution >= 0.6 is 11.3 Å². The molecule has 0 saturated carbocycles. The molecule has 5 aromatic rings. The molecule has 1 N–H and O–H groups in total. The lowest BCUT2D eigenvalue weighted by Gasteiger charge is -2.46. The van der Waals surface area contributed by atoms with Crippen molar-refractivity contribution in [1.82, 2.24) is 24.2 Å². The molecule has 11 nitrogen and oxygen atoms in total. The fraction of sp³-hybridized carbons (Fsp3) is 0.361. The van der Waals surface area contributed by atoms with Crippen molar-refractivity contribution in [2.24, 2.45) is 13.0 Å². The van der Waals surface area contributed by atoms with Gasteiger partial charge in [0, 0.05) is 66.4 Å². The van der Waals surface area contributed by atoms with Crippen molar-refractivity contribution in [1.29, 1.82) is 0 Å². The fourth-order valence-electron chi connectivity index (χ4n) is 7.38. The number of carbonyl (C=O) groups is 1. The molecule has 0 amide bonds. The number of halogens is 1. The van der Waals surface area contributed by atoms with Crippen LogP contribution in [0.4, 0.5) is 21.6 Å². The van der Waals surface area contributed by atoms with E-state index in [1.807, 2.05) is 12.1 Å². The molecule has 252 valence electrons. The smallest absolute Gasteiger partial charge is 0.289 e. The lowest BCUT2D eigenvalue weighted by atomic mass is 9.99. The number of anilines is 3. The van der Waals surface area contributed by atoms with E-state index >= 15 is 4.39 Å². The summed E-state index contributed by atoms with van der Waals surface area (Å²) in [6.45, 7) is 8.79. The topological polar surface area (TPSA) is 115 Å². The normalized spacial score (nSPS) is 19.6. The van der Waals surface area contributed by atoms with E-state index in [0.29, 0.717) is 40.4 Å². The van der Waals surface area contributed by atoms with Gasteiger partial charge in [0.25, 0.3) is 11.1 Å². The standard InChI is InChI=1S/C36H36FN7O4S/c1-20-8-27-28-14-39-44(36(47)34(28)49-32(27)9-20)31-12-23(37)11-26(29(31)17-45)22-10-30(35(46)41(3)16-22)40-33-5-4-24(13-38-33)43-7-6-42(15-21(43)2)25-18-48-19-25/h4-5,10-14,16-17,20-21,25H,6-9,15,18-19H2,1-3H3,(H,38,40)/t20?,21-/m0/s1. The first-order valence-electron chi connectivity index (χ1n) is 16.5. The van der Waals surface area contributed by atoms with Crippen molar-refractivity contribution in [3.05, 3.63) is 91.5 Å². The maximum absolute atomic E-state index is 15.3. The Balaban J connectivity index is 1.10. The first-order valence-corrected chi connectivity index (χ1v) is 17.3. The van der Waals surface area contributed by atoms with Gasteiger partial charge in [-0.25, -0.2) is 9.37 Å². The van der Waals surface area contributed by atoms with Gasteiger partial charge in [0.15, 0.2) is 6.29 Å². The summed E-state index contributed by atoms with van der Waals surface area (Å²) >= 11 is 1.45. The number of benzene rings is 1. The van der Waals surface area contributed by atoms with Crippen molar-refractivity contribution >= 4 is 44.9 Å². The van der Waals surface area contributed by atoms with Crippen molar-refractivity contribution in [2.45, 2.75) is 38.8 Å². The molecule has 8 rings (SSSR count). The number of aromatic nitrogens is 4. The van der Waals surface area contributed by atoms with Gasteiger partial charge in [-0.05, 0) is 61.1 Å². The highest BCUT2D eigenvalue weighted by atomic mass is 32.1. The SMILES string of the molecule is CC1Cc2sc3c(=O)n(-c4cc(F)cc(-c5cc(Nc6ccc(N7CCN(C8COC8)C[C@@H]7C)cn6)c(=O)n(C)c5)c4C=O)ncc3c2C1. The molecular weight excluding hydrogens is 646 g/mol. The Morgan fingerprint density at radius 3 is 2.61 bits per heavy atom. The Morgan fingerprint density at radius 1 is 1.06 bits per heavy atom. The first kappa shape index (κ1) is 31.5. The van der Waals surface area contributed by atoms with Crippen LogP contribution in [0.2, 0.25) is 0 Å². The van der Waals surface area contributed by atoms with Crippen molar-refractivity contribution in [3.8, 4) is 16.8 Å². The summed E-state index contributed by atoms with van der Waals surface area (Å²) in [6, 6.07) is 8.57. The summed E-state index contributed by atoms with van der Waals surface area (Å²) < 4.78 is 23.7. The van der Waals surface area contributed by atoms with Crippen molar-refractivity contribution < 1.29 is 13.9 Å². The highest BCUT2D eigenvalue weighted by Crippen LogP contribution is 2.38. The third kappa shape index (κ3) is 5.55. The number of carbonyl (C=O) groups excluding carboxylic acids is 1. The van der Waals surface area contributed by atoms with E-state index < -0.39 is 11.4 Å². The van der Waals surface area contributed by atoms with E-state index in [1.165, 1.54) is 33.0 Å². The molecule has 4 aromatic heterocycles. The molecule has 1 aliphatic carbocycles. The van der Waals surface area contributed by atoms with Gasteiger partial charge in [-0.2, -0.15) is 9.78 Å². The van der Waals surface area contributed by atoms with Crippen molar-refractivity contribution in [2.75, 3.05) is 43.1 Å². The summed E-state index contributed by atoms with van der Waals surface area (Å²) in [5.74, 6) is 0.330. The van der Waals surface area contributed by atoms with Crippen LogP contribution in [0.15, 0.2) is 58.5 Å². The minimum absolute atomic E-state index is 0.0375. The third-order valence-electron chi connectivity index (χ3n) is 10.0. The minimum atomic E-state index is -0.649.